The van der Waals surface area contributed by atoms with Crippen LogP contribution in [0.5, 0.6) is 5.75 Å². The number of benzene rings is 1. The molecule has 0 radical (unpaired) electrons. The van der Waals surface area contributed by atoms with Gasteiger partial charge in [-0.1, -0.05) is 12.1 Å². The number of ether oxygens (including phenoxy) is 1. The lowest BCUT2D eigenvalue weighted by atomic mass is 10.1. The van der Waals surface area contributed by atoms with E-state index in [0.29, 0.717) is 13.2 Å². The topological polar surface area (TPSA) is 50.4 Å². The van der Waals surface area contributed by atoms with Crippen LogP contribution in [0.1, 0.15) is 25.5 Å². The van der Waals surface area contributed by atoms with Crippen LogP contribution in [0.3, 0.4) is 0 Å². The van der Waals surface area contributed by atoms with E-state index in [-0.39, 0.29) is 24.4 Å². The van der Waals surface area contributed by atoms with E-state index in [1.807, 2.05) is 38.1 Å². The SMILES string of the molecule is CCOc1cccc(C(C)NC(=O)CNC)c1.Cl. The molecule has 0 saturated carbocycles. The Hall–Kier alpha value is -1.26. The second-order valence-electron chi connectivity index (χ2n) is 3.83. The van der Waals surface area contributed by atoms with Gasteiger partial charge in [0.2, 0.25) is 5.91 Å². The quantitative estimate of drug-likeness (QED) is 0.832. The Morgan fingerprint density at radius 3 is 2.78 bits per heavy atom. The molecule has 0 aromatic heterocycles. The van der Waals surface area contributed by atoms with Crippen LogP contribution in [0.15, 0.2) is 24.3 Å². The van der Waals surface area contributed by atoms with Gasteiger partial charge < -0.3 is 15.4 Å². The lowest BCUT2D eigenvalue weighted by Gasteiger charge is -2.15. The maximum atomic E-state index is 11.4. The Morgan fingerprint density at radius 1 is 1.44 bits per heavy atom. The summed E-state index contributed by atoms with van der Waals surface area (Å²) in [6.45, 7) is 4.88. The first-order valence-electron chi connectivity index (χ1n) is 5.84. The zero-order chi connectivity index (χ0) is 12.7. The van der Waals surface area contributed by atoms with Gasteiger partial charge in [0.05, 0.1) is 19.2 Å². The van der Waals surface area contributed by atoms with Gasteiger partial charge in [0.25, 0.3) is 0 Å². The number of likely N-dealkylation sites (N-methyl/N-ethyl adjacent to an activating group) is 1. The number of amides is 1. The van der Waals surface area contributed by atoms with Crippen LogP contribution in [0.2, 0.25) is 0 Å². The highest BCUT2D eigenvalue weighted by Crippen LogP contribution is 2.18. The van der Waals surface area contributed by atoms with Crippen LogP contribution < -0.4 is 15.4 Å². The smallest absolute Gasteiger partial charge is 0.234 e. The highest BCUT2D eigenvalue weighted by atomic mass is 35.5. The van der Waals surface area contributed by atoms with Crippen molar-refractivity contribution in [1.82, 2.24) is 10.6 Å². The molecule has 18 heavy (non-hydrogen) atoms. The number of hydrogen-bond donors (Lipinski definition) is 2. The van der Waals surface area contributed by atoms with Crippen molar-refractivity contribution in [3.63, 3.8) is 0 Å². The summed E-state index contributed by atoms with van der Waals surface area (Å²) in [6, 6.07) is 7.76. The molecule has 0 bridgehead atoms. The first kappa shape index (κ1) is 16.7. The van der Waals surface area contributed by atoms with Gasteiger partial charge in [0.15, 0.2) is 0 Å². The molecule has 1 unspecified atom stereocenters. The van der Waals surface area contributed by atoms with Crippen molar-refractivity contribution in [3.8, 4) is 5.75 Å². The molecule has 5 heteroatoms. The first-order valence-corrected chi connectivity index (χ1v) is 5.84. The van der Waals surface area contributed by atoms with Crippen molar-refractivity contribution in [1.29, 1.82) is 0 Å². The molecule has 0 aliphatic rings. The molecule has 0 spiro atoms. The molecular formula is C13H21ClN2O2. The highest BCUT2D eigenvalue weighted by Gasteiger charge is 2.09. The van der Waals surface area contributed by atoms with E-state index in [4.69, 9.17) is 4.74 Å². The molecule has 0 fully saturated rings. The minimum atomic E-state index is -0.0174. The van der Waals surface area contributed by atoms with Gasteiger partial charge in [-0.15, -0.1) is 12.4 Å². The fraction of sp³-hybridized carbons (Fsp3) is 0.462. The second-order valence-corrected chi connectivity index (χ2v) is 3.83. The number of rotatable bonds is 6. The van der Waals surface area contributed by atoms with Gasteiger partial charge in [0, 0.05) is 0 Å². The average Bonchev–Trinajstić information content (AvgIpc) is 2.30. The zero-order valence-electron chi connectivity index (χ0n) is 11.0. The Bertz CT molecular complexity index is 372. The predicted octanol–water partition coefficient (Wildman–Crippen LogP) is 1.90. The molecule has 0 aliphatic carbocycles. The largest absolute Gasteiger partial charge is 0.494 e. The van der Waals surface area contributed by atoms with E-state index >= 15 is 0 Å². The van der Waals surface area contributed by atoms with Crippen LogP contribution in [0.4, 0.5) is 0 Å². The van der Waals surface area contributed by atoms with Crippen LogP contribution in [0.25, 0.3) is 0 Å². The molecule has 1 aromatic rings. The van der Waals surface area contributed by atoms with Crippen LogP contribution in [-0.4, -0.2) is 26.1 Å². The summed E-state index contributed by atoms with van der Waals surface area (Å²) in [5, 5.41) is 5.73. The van der Waals surface area contributed by atoms with Crippen LogP contribution in [0, 0.1) is 0 Å². The minimum Gasteiger partial charge on any atom is -0.494 e. The van der Waals surface area contributed by atoms with Crippen molar-refractivity contribution in [3.05, 3.63) is 29.8 Å². The number of carbonyl (C=O) groups excluding carboxylic acids is 1. The van der Waals surface area contributed by atoms with E-state index in [1.165, 1.54) is 0 Å². The lowest BCUT2D eigenvalue weighted by molar-refractivity contribution is -0.120. The maximum absolute atomic E-state index is 11.4. The van der Waals surface area contributed by atoms with E-state index < -0.39 is 0 Å². The fourth-order valence-electron chi connectivity index (χ4n) is 1.58. The van der Waals surface area contributed by atoms with Gasteiger partial charge >= 0.3 is 0 Å². The molecule has 1 rings (SSSR count). The number of nitrogens with one attached hydrogen (secondary N) is 2. The summed E-state index contributed by atoms with van der Waals surface area (Å²) < 4.78 is 5.42. The summed E-state index contributed by atoms with van der Waals surface area (Å²) in [4.78, 5) is 11.4. The summed E-state index contributed by atoms with van der Waals surface area (Å²) in [7, 11) is 1.75. The second kappa shape index (κ2) is 8.78. The zero-order valence-corrected chi connectivity index (χ0v) is 11.8. The van der Waals surface area contributed by atoms with E-state index in [1.54, 1.807) is 7.05 Å². The van der Waals surface area contributed by atoms with E-state index in [0.717, 1.165) is 11.3 Å². The monoisotopic (exact) mass is 272 g/mol. The molecule has 1 aromatic carbocycles. The van der Waals surface area contributed by atoms with Gasteiger partial charge in [0.1, 0.15) is 5.75 Å². The normalized spacial score (nSPS) is 11.3. The molecule has 4 nitrogen and oxygen atoms in total. The Morgan fingerprint density at radius 2 is 2.17 bits per heavy atom. The summed E-state index contributed by atoms with van der Waals surface area (Å²) in [5.74, 6) is 0.821. The third kappa shape index (κ3) is 5.38. The van der Waals surface area contributed by atoms with Crippen molar-refractivity contribution in [2.75, 3.05) is 20.2 Å². The number of hydrogen-bond acceptors (Lipinski definition) is 3. The third-order valence-corrected chi connectivity index (χ3v) is 2.38. The third-order valence-electron chi connectivity index (χ3n) is 2.38. The van der Waals surface area contributed by atoms with Crippen molar-refractivity contribution >= 4 is 18.3 Å². The molecule has 1 atom stereocenters. The van der Waals surface area contributed by atoms with Gasteiger partial charge in [-0.2, -0.15) is 0 Å². The summed E-state index contributed by atoms with van der Waals surface area (Å²) in [6.07, 6.45) is 0. The Labute approximate surface area is 115 Å². The first-order chi connectivity index (χ1) is 8.17. The molecule has 102 valence electrons. The molecule has 1 amide bonds. The van der Waals surface area contributed by atoms with Gasteiger partial charge in [-0.05, 0) is 38.6 Å². The van der Waals surface area contributed by atoms with Gasteiger partial charge in [-0.3, -0.25) is 4.79 Å². The van der Waals surface area contributed by atoms with Crippen LogP contribution >= 0.6 is 12.4 Å². The molecule has 0 saturated heterocycles. The summed E-state index contributed by atoms with van der Waals surface area (Å²) >= 11 is 0. The van der Waals surface area contributed by atoms with Gasteiger partial charge in [-0.25, -0.2) is 0 Å². The Balaban J connectivity index is 0.00000289. The van der Waals surface area contributed by atoms with Crippen molar-refractivity contribution in [2.24, 2.45) is 0 Å². The van der Waals surface area contributed by atoms with E-state index in [9.17, 15) is 4.79 Å². The fourth-order valence-corrected chi connectivity index (χ4v) is 1.58. The highest BCUT2D eigenvalue weighted by molar-refractivity contribution is 5.85. The number of halogens is 1. The molecule has 0 aliphatic heterocycles. The van der Waals surface area contributed by atoms with E-state index in [2.05, 4.69) is 10.6 Å². The predicted molar refractivity (Wildman–Crippen MR) is 75.3 cm³/mol. The summed E-state index contributed by atoms with van der Waals surface area (Å²) in [5.41, 5.74) is 1.04. The van der Waals surface area contributed by atoms with Crippen molar-refractivity contribution in [2.45, 2.75) is 19.9 Å². The lowest BCUT2D eigenvalue weighted by Crippen LogP contribution is -2.33. The molecular weight excluding hydrogens is 252 g/mol. The standard InChI is InChI=1S/C13H20N2O2.ClH/c1-4-17-12-7-5-6-11(8-12)10(2)15-13(16)9-14-3;/h5-8,10,14H,4,9H2,1-3H3,(H,15,16);1H. The maximum Gasteiger partial charge on any atom is 0.234 e. The Kier molecular flexibility index (Phi) is 8.16. The minimum absolute atomic E-state index is 0. The number of carbonyl (C=O) groups is 1. The van der Waals surface area contributed by atoms with Crippen molar-refractivity contribution < 1.29 is 9.53 Å². The molecule has 2 N–H and O–H groups in total. The van der Waals surface area contributed by atoms with Crippen LogP contribution in [-0.2, 0) is 4.79 Å². The average molecular weight is 273 g/mol. The molecule has 0 heterocycles.